The van der Waals surface area contributed by atoms with E-state index < -0.39 is 6.67 Å². The Morgan fingerprint density at radius 1 is 0.950 bits per heavy atom. The molecule has 104 valence electrons. The van der Waals surface area contributed by atoms with Crippen molar-refractivity contribution in [3.05, 3.63) is 59.7 Å². The summed E-state index contributed by atoms with van der Waals surface area (Å²) in [5, 5.41) is 3.09. The van der Waals surface area contributed by atoms with Crippen molar-refractivity contribution < 1.29 is 9.13 Å². The lowest BCUT2D eigenvalue weighted by molar-refractivity contribution is 0.273. The third-order valence-electron chi connectivity index (χ3n) is 2.89. The van der Waals surface area contributed by atoms with E-state index in [1.807, 2.05) is 49.5 Å². The van der Waals surface area contributed by atoms with Gasteiger partial charge in [-0.1, -0.05) is 36.4 Å². The minimum atomic E-state index is -0.468. The number of rotatable bonds is 6. The van der Waals surface area contributed by atoms with Gasteiger partial charge in [-0.05, 0) is 35.4 Å². The molecular formula is C17H18FNO. The Labute approximate surface area is 118 Å². The zero-order valence-electron chi connectivity index (χ0n) is 11.5. The van der Waals surface area contributed by atoms with Crippen molar-refractivity contribution >= 4 is 17.8 Å². The van der Waals surface area contributed by atoms with Crippen molar-refractivity contribution in [2.24, 2.45) is 0 Å². The predicted molar refractivity (Wildman–Crippen MR) is 82.8 cm³/mol. The summed E-state index contributed by atoms with van der Waals surface area (Å²) in [6.45, 7) is -0.364. The van der Waals surface area contributed by atoms with Gasteiger partial charge in [0.2, 0.25) is 0 Å². The summed E-state index contributed by atoms with van der Waals surface area (Å²) in [5.74, 6) is 0.693. The Kier molecular flexibility index (Phi) is 5.18. The number of nitrogens with one attached hydrogen (secondary N) is 1. The summed E-state index contributed by atoms with van der Waals surface area (Å²) >= 11 is 0. The molecule has 0 heterocycles. The molecule has 0 aromatic heterocycles. The fourth-order valence-corrected chi connectivity index (χ4v) is 1.78. The lowest BCUT2D eigenvalue weighted by atomic mass is 10.1. The van der Waals surface area contributed by atoms with Crippen LogP contribution in [0.4, 0.5) is 10.1 Å². The quantitative estimate of drug-likeness (QED) is 0.793. The molecule has 0 amide bonds. The second kappa shape index (κ2) is 7.34. The molecule has 2 aromatic rings. The molecule has 0 saturated carbocycles. The zero-order chi connectivity index (χ0) is 14.2. The molecule has 0 atom stereocenters. The van der Waals surface area contributed by atoms with E-state index in [-0.39, 0.29) is 6.61 Å². The second-order valence-corrected chi connectivity index (χ2v) is 4.31. The first kappa shape index (κ1) is 14.1. The summed E-state index contributed by atoms with van der Waals surface area (Å²) < 4.78 is 17.2. The van der Waals surface area contributed by atoms with E-state index >= 15 is 0 Å². The fraction of sp³-hybridized carbons (Fsp3) is 0.176. The maximum Gasteiger partial charge on any atom is 0.123 e. The predicted octanol–water partition coefficient (Wildman–Crippen LogP) is 4.25. The van der Waals surface area contributed by atoms with Gasteiger partial charge < -0.3 is 10.1 Å². The highest BCUT2D eigenvalue weighted by molar-refractivity contribution is 5.70. The number of hydrogen-bond acceptors (Lipinski definition) is 2. The molecule has 0 unspecified atom stereocenters. The molecule has 0 bridgehead atoms. The number of halogens is 1. The van der Waals surface area contributed by atoms with E-state index in [0.29, 0.717) is 5.75 Å². The number of hydrogen-bond donors (Lipinski definition) is 1. The number of anilines is 1. The van der Waals surface area contributed by atoms with Crippen LogP contribution >= 0.6 is 0 Å². The maximum atomic E-state index is 12.0. The first-order valence-corrected chi connectivity index (χ1v) is 6.56. The van der Waals surface area contributed by atoms with Crippen molar-refractivity contribution in [3.8, 4) is 5.75 Å². The van der Waals surface area contributed by atoms with E-state index in [4.69, 9.17) is 4.74 Å². The maximum absolute atomic E-state index is 12.0. The van der Waals surface area contributed by atoms with Crippen molar-refractivity contribution in [2.75, 3.05) is 25.6 Å². The highest BCUT2D eigenvalue weighted by Gasteiger charge is 1.93. The van der Waals surface area contributed by atoms with E-state index in [0.717, 1.165) is 16.8 Å². The van der Waals surface area contributed by atoms with Crippen LogP contribution in [0.2, 0.25) is 0 Å². The van der Waals surface area contributed by atoms with Gasteiger partial charge in [-0.3, -0.25) is 0 Å². The average molecular weight is 271 g/mol. The molecule has 0 saturated heterocycles. The molecule has 3 heteroatoms. The normalized spacial score (nSPS) is 10.7. The van der Waals surface area contributed by atoms with Crippen molar-refractivity contribution in [3.63, 3.8) is 0 Å². The molecule has 0 radical (unpaired) electrons. The van der Waals surface area contributed by atoms with Gasteiger partial charge in [0.05, 0.1) is 0 Å². The van der Waals surface area contributed by atoms with Crippen LogP contribution in [0.15, 0.2) is 48.5 Å². The molecule has 0 aliphatic carbocycles. The SMILES string of the molecule is CNc1ccc(/C=C/c2ccc(OCCF)cc2)cc1. The van der Waals surface area contributed by atoms with Crippen molar-refractivity contribution in [2.45, 2.75) is 0 Å². The highest BCUT2D eigenvalue weighted by Crippen LogP contribution is 2.15. The molecule has 2 aromatic carbocycles. The van der Waals surface area contributed by atoms with Crippen molar-refractivity contribution in [1.29, 1.82) is 0 Å². The Bertz CT molecular complexity index is 546. The van der Waals surface area contributed by atoms with Crippen LogP contribution in [0.3, 0.4) is 0 Å². The van der Waals surface area contributed by atoms with Gasteiger partial charge in [0, 0.05) is 12.7 Å². The molecule has 0 aliphatic rings. The lowest BCUT2D eigenvalue weighted by Crippen LogP contribution is -1.98. The minimum Gasteiger partial charge on any atom is -0.491 e. The zero-order valence-corrected chi connectivity index (χ0v) is 11.5. The van der Waals surface area contributed by atoms with Gasteiger partial charge in [0.25, 0.3) is 0 Å². The van der Waals surface area contributed by atoms with Crippen LogP contribution in [0.5, 0.6) is 5.75 Å². The van der Waals surface area contributed by atoms with E-state index in [2.05, 4.69) is 23.5 Å². The van der Waals surface area contributed by atoms with Crippen LogP contribution in [0, 0.1) is 0 Å². The molecule has 0 fully saturated rings. The minimum absolute atomic E-state index is 0.104. The fourth-order valence-electron chi connectivity index (χ4n) is 1.78. The van der Waals surface area contributed by atoms with E-state index in [1.54, 1.807) is 0 Å². The van der Waals surface area contributed by atoms with Gasteiger partial charge in [-0.25, -0.2) is 4.39 Å². The molecule has 2 rings (SSSR count). The summed E-state index contributed by atoms with van der Waals surface area (Å²) in [4.78, 5) is 0. The molecule has 1 N–H and O–H groups in total. The van der Waals surface area contributed by atoms with Crippen LogP contribution < -0.4 is 10.1 Å². The first-order chi connectivity index (χ1) is 9.81. The Morgan fingerprint density at radius 3 is 2.00 bits per heavy atom. The van der Waals surface area contributed by atoms with E-state index in [9.17, 15) is 4.39 Å². The largest absolute Gasteiger partial charge is 0.491 e. The smallest absolute Gasteiger partial charge is 0.123 e. The Balaban J connectivity index is 1.99. The second-order valence-electron chi connectivity index (χ2n) is 4.31. The Hall–Kier alpha value is -2.29. The summed E-state index contributed by atoms with van der Waals surface area (Å²) in [6.07, 6.45) is 4.09. The molecular weight excluding hydrogens is 253 g/mol. The summed E-state index contributed by atoms with van der Waals surface area (Å²) in [7, 11) is 1.90. The summed E-state index contributed by atoms with van der Waals surface area (Å²) in [6, 6.07) is 15.8. The van der Waals surface area contributed by atoms with Gasteiger partial charge in [0.1, 0.15) is 19.0 Å². The average Bonchev–Trinajstić information content (AvgIpc) is 2.52. The first-order valence-electron chi connectivity index (χ1n) is 6.56. The number of alkyl halides is 1. The van der Waals surface area contributed by atoms with Gasteiger partial charge >= 0.3 is 0 Å². The van der Waals surface area contributed by atoms with Crippen LogP contribution in [0.25, 0.3) is 12.2 Å². The van der Waals surface area contributed by atoms with Crippen LogP contribution in [-0.2, 0) is 0 Å². The van der Waals surface area contributed by atoms with Crippen LogP contribution in [0.1, 0.15) is 11.1 Å². The lowest BCUT2D eigenvalue weighted by Gasteiger charge is -2.03. The molecule has 0 spiro atoms. The third kappa shape index (κ3) is 4.12. The van der Waals surface area contributed by atoms with Gasteiger partial charge in [-0.15, -0.1) is 0 Å². The van der Waals surface area contributed by atoms with E-state index in [1.165, 1.54) is 0 Å². The van der Waals surface area contributed by atoms with Gasteiger partial charge in [0.15, 0.2) is 0 Å². The molecule has 20 heavy (non-hydrogen) atoms. The standard InChI is InChI=1S/C17H18FNO/c1-19-16-8-4-14(5-9-16)2-3-15-6-10-17(11-7-15)20-13-12-18/h2-11,19H,12-13H2,1H3/b3-2+. The van der Waals surface area contributed by atoms with Crippen LogP contribution in [-0.4, -0.2) is 20.3 Å². The van der Waals surface area contributed by atoms with Crippen molar-refractivity contribution in [1.82, 2.24) is 0 Å². The highest BCUT2D eigenvalue weighted by atomic mass is 19.1. The number of benzene rings is 2. The topological polar surface area (TPSA) is 21.3 Å². The monoisotopic (exact) mass is 271 g/mol. The third-order valence-corrected chi connectivity index (χ3v) is 2.89. The molecule has 0 aliphatic heterocycles. The van der Waals surface area contributed by atoms with Gasteiger partial charge in [-0.2, -0.15) is 0 Å². The Morgan fingerprint density at radius 2 is 1.50 bits per heavy atom. The number of ether oxygens (including phenoxy) is 1. The molecule has 2 nitrogen and oxygen atoms in total. The summed E-state index contributed by atoms with van der Waals surface area (Å²) in [5.41, 5.74) is 3.31.